The highest BCUT2D eigenvalue weighted by molar-refractivity contribution is 5.72. The van der Waals surface area contributed by atoms with Crippen LogP contribution in [0.1, 0.15) is 12.8 Å². The van der Waals surface area contributed by atoms with E-state index in [-0.39, 0.29) is 0 Å². The van der Waals surface area contributed by atoms with Gasteiger partial charge < -0.3 is 15.4 Å². The first kappa shape index (κ1) is 14.2. The van der Waals surface area contributed by atoms with Crippen molar-refractivity contribution in [3.8, 4) is 0 Å². The van der Waals surface area contributed by atoms with Crippen molar-refractivity contribution in [1.82, 2.24) is 4.90 Å². The lowest BCUT2D eigenvalue weighted by Gasteiger charge is -2.41. The first-order valence-corrected chi connectivity index (χ1v) is 7.61. The van der Waals surface area contributed by atoms with Gasteiger partial charge in [-0.2, -0.15) is 0 Å². The van der Waals surface area contributed by atoms with Crippen LogP contribution >= 0.6 is 0 Å². The van der Waals surface area contributed by atoms with E-state index in [0.717, 1.165) is 45.1 Å². The van der Waals surface area contributed by atoms with Gasteiger partial charge >= 0.3 is 0 Å². The van der Waals surface area contributed by atoms with Gasteiger partial charge in [-0.15, -0.1) is 0 Å². The number of nitrogens with two attached hydrogens (primary N) is 1. The van der Waals surface area contributed by atoms with Crippen LogP contribution in [0.4, 0.5) is 17.1 Å². The fourth-order valence-corrected chi connectivity index (χ4v) is 3.26. The summed E-state index contributed by atoms with van der Waals surface area (Å²) in [7, 11) is 0. The molecular formula is C16H22N4O. The van der Waals surface area contributed by atoms with Crippen molar-refractivity contribution in [3.63, 3.8) is 0 Å². The van der Waals surface area contributed by atoms with Crippen LogP contribution in [-0.4, -0.2) is 50.3 Å². The molecule has 2 saturated heterocycles. The SMILES string of the molecule is [C-]#[N+]c1cc(N2CCC(N3CCOCC3)CC2)ccc1N. The average molecular weight is 286 g/mol. The first-order valence-electron chi connectivity index (χ1n) is 7.61. The Morgan fingerprint density at radius 1 is 1.14 bits per heavy atom. The highest BCUT2D eigenvalue weighted by Gasteiger charge is 2.25. The van der Waals surface area contributed by atoms with Crippen LogP contribution in [0.5, 0.6) is 0 Å². The summed E-state index contributed by atoms with van der Waals surface area (Å²) in [5.41, 5.74) is 8.04. The van der Waals surface area contributed by atoms with Gasteiger partial charge in [-0.1, -0.05) is 0 Å². The van der Waals surface area contributed by atoms with Crippen LogP contribution in [0.2, 0.25) is 0 Å². The monoisotopic (exact) mass is 286 g/mol. The van der Waals surface area contributed by atoms with Crippen LogP contribution in [0.3, 0.4) is 0 Å². The van der Waals surface area contributed by atoms with Gasteiger partial charge in [0.2, 0.25) is 5.69 Å². The van der Waals surface area contributed by atoms with Gasteiger partial charge in [0.15, 0.2) is 0 Å². The highest BCUT2D eigenvalue weighted by Crippen LogP contribution is 2.30. The number of morpholine rings is 1. The number of rotatable bonds is 2. The van der Waals surface area contributed by atoms with E-state index in [9.17, 15) is 0 Å². The Hall–Kier alpha value is -1.77. The van der Waals surface area contributed by atoms with Crippen molar-refractivity contribution >= 4 is 17.1 Å². The van der Waals surface area contributed by atoms with Crippen molar-refractivity contribution in [2.45, 2.75) is 18.9 Å². The highest BCUT2D eigenvalue weighted by atomic mass is 16.5. The number of benzene rings is 1. The van der Waals surface area contributed by atoms with Crippen LogP contribution in [0.15, 0.2) is 18.2 Å². The second-order valence-corrected chi connectivity index (χ2v) is 5.72. The van der Waals surface area contributed by atoms with Gasteiger partial charge in [0.25, 0.3) is 0 Å². The maximum absolute atomic E-state index is 7.17. The molecule has 0 atom stereocenters. The Morgan fingerprint density at radius 3 is 2.52 bits per heavy atom. The van der Waals surface area contributed by atoms with E-state index in [2.05, 4.69) is 14.6 Å². The number of anilines is 2. The molecule has 1 aromatic carbocycles. The van der Waals surface area contributed by atoms with Gasteiger partial charge in [0, 0.05) is 43.6 Å². The zero-order valence-corrected chi connectivity index (χ0v) is 12.3. The van der Waals surface area contributed by atoms with E-state index in [1.807, 2.05) is 18.2 Å². The van der Waals surface area contributed by atoms with Gasteiger partial charge in [-0.05, 0) is 31.0 Å². The van der Waals surface area contributed by atoms with Crippen LogP contribution < -0.4 is 10.6 Å². The minimum absolute atomic E-state index is 0.558. The van der Waals surface area contributed by atoms with Crippen LogP contribution in [0, 0.1) is 6.57 Å². The molecule has 0 aliphatic carbocycles. The van der Waals surface area contributed by atoms with Gasteiger partial charge in [0.1, 0.15) is 0 Å². The van der Waals surface area contributed by atoms with E-state index < -0.39 is 0 Å². The topological polar surface area (TPSA) is 46.1 Å². The molecule has 21 heavy (non-hydrogen) atoms. The average Bonchev–Trinajstić information content (AvgIpc) is 2.56. The summed E-state index contributed by atoms with van der Waals surface area (Å²) >= 11 is 0. The molecule has 2 aliphatic heterocycles. The minimum Gasteiger partial charge on any atom is -0.407 e. The first-order chi connectivity index (χ1) is 10.3. The molecule has 0 amide bonds. The Morgan fingerprint density at radius 2 is 1.86 bits per heavy atom. The molecule has 0 bridgehead atoms. The summed E-state index contributed by atoms with van der Waals surface area (Å²) in [5.74, 6) is 0. The van der Waals surface area contributed by atoms with E-state index >= 15 is 0 Å². The van der Waals surface area contributed by atoms with Crippen LogP contribution in [-0.2, 0) is 4.74 Å². The molecule has 0 unspecified atom stereocenters. The van der Waals surface area contributed by atoms with Gasteiger partial charge in [-0.25, -0.2) is 4.85 Å². The molecule has 1 aromatic rings. The van der Waals surface area contributed by atoms with E-state index in [0.29, 0.717) is 17.4 Å². The third-order valence-corrected chi connectivity index (χ3v) is 4.53. The molecule has 0 radical (unpaired) electrons. The van der Waals surface area contributed by atoms with Gasteiger partial charge in [0.05, 0.1) is 19.8 Å². The zero-order chi connectivity index (χ0) is 14.7. The molecular weight excluding hydrogens is 264 g/mol. The quantitative estimate of drug-likeness (QED) is 0.668. The molecule has 2 N–H and O–H groups in total. The summed E-state index contributed by atoms with van der Waals surface area (Å²) in [6.45, 7) is 13.1. The second-order valence-electron chi connectivity index (χ2n) is 5.72. The number of hydrogen-bond acceptors (Lipinski definition) is 4. The number of ether oxygens (including phenoxy) is 1. The fraction of sp³-hybridized carbons (Fsp3) is 0.562. The summed E-state index contributed by atoms with van der Waals surface area (Å²) in [5, 5.41) is 0. The molecule has 2 aliphatic rings. The van der Waals surface area contributed by atoms with Crippen molar-refractivity contribution in [2.75, 3.05) is 50.0 Å². The molecule has 0 aromatic heterocycles. The predicted octanol–water partition coefficient (Wildman–Crippen LogP) is 2.12. The number of nitrogen functional groups attached to an aromatic ring is 1. The summed E-state index contributed by atoms with van der Waals surface area (Å²) in [6, 6.07) is 6.46. The third kappa shape index (κ3) is 3.12. The van der Waals surface area contributed by atoms with Crippen molar-refractivity contribution in [3.05, 3.63) is 29.6 Å². The molecule has 2 fully saturated rings. The largest absolute Gasteiger partial charge is 0.407 e. The maximum atomic E-state index is 7.17. The molecule has 112 valence electrons. The van der Waals surface area contributed by atoms with E-state index in [4.69, 9.17) is 17.0 Å². The summed E-state index contributed by atoms with van der Waals surface area (Å²) in [6.07, 6.45) is 2.36. The fourth-order valence-electron chi connectivity index (χ4n) is 3.26. The van der Waals surface area contributed by atoms with Crippen LogP contribution in [0.25, 0.3) is 4.85 Å². The summed E-state index contributed by atoms with van der Waals surface area (Å²) in [4.78, 5) is 8.42. The molecule has 3 rings (SSSR count). The lowest BCUT2D eigenvalue weighted by molar-refractivity contribution is 0.0115. The normalized spacial score (nSPS) is 21.2. The Kier molecular flexibility index (Phi) is 4.28. The zero-order valence-electron chi connectivity index (χ0n) is 12.3. The lowest BCUT2D eigenvalue weighted by Crippen LogP contribution is -2.49. The van der Waals surface area contributed by atoms with Crippen molar-refractivity contribution in [2.24, 2.45) is 0 Å². The number of piperidine rings is 1. The standard InChI is InChI=1S/C16H22N4O/c1-18-16-12-14(2-3-15(16)17)19-6-4-13(5-7-19)20-8-10-21-11-9-20/h2-3,12-13H,4-11,17H2. The minimum atomic E-state index is 0.558. The third-order valence-electron chi connectivity index (χ3n) is 4.53. The summed E-state index contributed by atoms with van der Waals surface area (Å²) < 4.78 is 5.43. The lowest BCUT2D eigenvalue weighted by atomic mass is 10.0. The molecule has 0 spiro atoms. The maximum Gasteiger partial charge on any atom is 0.211 e. The molecule has 2 heterocycles. The van der Waals surface area contributed by atoms with Crippen molar-refractivity contribution in [1.29, 1.82) is 0 Å². The Bertz CT molecular complexity index is 526. The van der Waals surface area contributed by atoms with Crippen molar-refractivity contribution < 1.29 is 4.74 Å². The molecule has 5 nitrogen and oxygen atoms in total. The molecule has 5 heteroatoms. The number of hydrogen-bond donors (Lipinski definition) is 1. The smallest absolute Gasteiger partial charge is 0.211 e. The Labute approximate surface area is 126 Å². The van der Waals surface area contributed by atoms with Gasteiger partial charge in [-0.3, -0.25) is 4.90 Å². The molecule has 0 saturated carbocycles. The Balaban J connectivity index is 1.61. The van der Waals surface area contributed by atoms with E-state index in [1.165, 1.54) is 12.8 Å². The number of nitrogens with zero attached hydrogens (tertiary/aromatic N) is 3. The second kappa shape index (κ2) is 6.33. The predicted molar refractivity (Wildman–Crippen MR) is 84.7 cm³/mol. The van der Waals surface area contributed by atoms with E-state index in [1.54, 1.807) is 0 Å².